The summed E-state index contributed by atoms with van der Waals surface area (Å²) in [6, 6.07) is 0.346. The van der Waals surface area contributed by atoms with E-state index in [1.807, 2.05) is 0 Å². The van der Waals surface area contributed by atoms with Gasteiger partial charge in [0.1, 0.15) is 0 Å². The summed E-state index contributed by atoms with van der Waals surface area (Å²) < 4.78 is 5.83. The van der Waals surface area contributed by atoms with Gasteiger partial charge in [0.25, 0.3) is 0 Å². The maximum atomic E-state index is 6.18. The number of ether oxygens (including phenoxy) is 1. The minimum atomic E-state index is 0.0852. The molecule has 2 nitrogen and oxygen atoms in total. The molecule has 1 aliphatic carbocycles. The summed E-state index contributed by atoms with van der Waals surface area (Å²) in [5, 5.41) is 0. The van der Waals surface area contributed by atoms with Gasteiger partial charge in [0.2, 0.25) is 0 Å². The number of hydrogen-bond acceptors (Lipinski definition) is 2. The van der Waals surface area contributed by atoms with Crippen LogP contribution in [0.5, 0.6) is 0 Å². The molecular weight excluding hydrogens is 186 g/mol. The molecule has 1 heterocycles. The molecule has 2 heteroatoms. The second-order valence-corrected chi connectivity index (χ2v) is 7.26. The van der Waals surface area contributed by atoms with Crippen LogP contribution in [0.15, 0.2) is 0 Å². The lowest BCUT2D eigenvalue weighted by Gasteiger charge is -2.45. The van der Waals surface area contributed by atoms with Gasteiger partial charge in [0, 0.05) is 6.04 Å². The highest BCUT2D eigenvalue weighted by atomic mass is 16.6. The second kappa shape index (κ2) is 2.98. The van der Waals surface area contributed by atoms with Crippen LogP contribution in [-0.2, 0) is 4.74 Å². The van der Waals surface area contributed by atoms with E-state index in [9.17, 15) is 0 Å². The summed E-state index contributed by atoms with van der Waals surface area (Å²) in [6.07, 6.45) is 3.91. The largest absolute Gasteiger partial charge is 0.366 e. The summed E-state index contributed by atoms with van der Waals surface area (Å²) in [5.41, 5.74) is 6.92. The van der Waals surface area contributed by atoms with Crippen molar-refractivity contribution in [1.82, 2.24) is 0 Å². The van der Waals surface area contributed by atoms with Crippen molar-refractivity contribution >= 4 is 0 Å². The molecule has 0 amide bonds. The van der Waals surface area contributed by atoms with E-state index < -0.39 is 0 Å². The molecule has 0 aromatic heterocycles. The SMILES string of the molecule is CC1(C)CC(N)CC(C)(C2OC2(C)C)C1. The third kappa shape index (κ3) is 2.07. The fraction of sp³-hybridized carbons (Fsp3) is 1.00. The highest BCUT2D eigenvalue weighted by Gasteiger charge is 2.60. The van der Waals surface area contributed by atoms with E-state index in [-0.39, 0.29) is 11.0 Å². The zero-order valence-corrected chi connectivity index (χ0v) is 10.8. The number of hydrogen-bond donors (Lipinski definition) is 1. The Kier molecular flexibility index (Phi) is 2.27. The third-order valence-electron chi connectivity index (χ3n) is 4.05. The fourth-order valence-corrected chi connectivity index (χ4v) is 4.07. The van der Waals surface area contributed by atoms with Crippen LogP contribution in [0.4, 0.5) is 0 Å². The van der Waals surface area contributed by atoms with Gasteiger partial charge in [-0.3, -0.25) is 0 Å². The van der Waals surface area contributed by atoms with Crippen LogP contribution in [0.1, 0.15) is 53.9 Å². The Morgan fingerprint density at radius 2 is 1.60 bits per heavy atom. The second-order valence-electron chi connectivity index (χ2n) is 7.26. The predicted octanol–water partition coefficient (Wildman–Crippen LogP) is 2.71. The Morgan fingerprint density at radius 1 is 1.07 bits per heavy atom. The van der Waals surface area contributed by atoms with Crippen LogP contribution in [0.25, 0.3) is 0 Å². The lowest BCUT2D eigenvalue weighted by molar-refractivity contribution is 0.0571. The molecule has 1 saturated heterocycles. The molecule has 0 bridgehead atoms. The molecule has 0 radical (unpaired) electrons. The Hall–Kier alpha value is -0.0800. The molecule has 0 aromatic rings. The average Bonchev–Trinajstić information content (AvgIpc) is 2.54. The van der Waals surface area contributed by atoms with Gasteiger partial charge in [-0.25, -0.2) is 0 Å². The monoisotopic (exact) mass is 211 g/mol. The molecule has 3 unspecified atom stereocenters. The normalized spacial score (nSPS) is 47.6. The first-order valence-corrected chi connectivity index (χ1v) is 6.08. The minimum Gasteiger partial charge on any atom is -0.366 e. The van der Waals surface area contributed by atoms with Gasteiger partial charge >= 0.3 is 0 Å². The quantitative estimate of drug-likeness (QED) is 0.677. The Labute approximate surface area is 93.6 Å². The van der Waals surface area contributed by atoms with Crippen molar-refractivity contribution in [2.45, 2.75) is 71.6 Å². The van der Waals surface area contributed by atoms with Gasteiger partial charge in [-0.1, -0.05) is 20.8 Å². The van der Waals surface area contributed by atoms with Crippen molar-refractivity contribution in [2.75, 3.05) is 0 Å². The summed E-state index contributed by atoms with van der Waals surface area (Å²) >= 11 is 0. The molecule has 0 spiro atoms. The highest BCUT2D eigenvalue weighted by Crippen LogP contribution is 2.56. The van der Waals surface area contributed by atoms with Crippen LogP contribution in [-0.4, -0.2) is 17.7 Å². The highest BCUT2D eigenvalue weighted by molar-refractivity contribution is 5.09. The van der Waals surface area contributed by atoms with Gasteiger partial charge in [0.15, 0.2) is 0 Å². The lowest BCUT2D eigenvalue weighted by atomic mass is 9.60. The zero-order valence-electron chi connectivity index (χ0n) is 10.8. The average molecular weight is 211 g/mol. The summed E-state index contributed by atoms with van der Waals surface area (Å²) in [6.45, 7) is 11.4. The van der Waals surface area contributed by atoms with Crippen LogP contribution in [0.2, 0.25) is 0 Å². The molecule has 2 aliphatic rings. The van der Waals surface area contributed by atoms with Crippen molar-refractivity contribution in [3.63, 3.8) is 0 Å². The van der Waals surface area contributed by atoms with Crippen molar-refractivity contribution in [2.24, 2.45) is 16.6 Å². The maximum Gasteiger partial charge on any atom is 0.0922 e. The molecule has 2 N–H and O–H groups in total. The molecule has 88 valence electrons. The van der Waals surface area contributed by atoms with Crippen molar-refractivity contribution < 1.29 is 4.74 Å². The van der Waals surface area contributed by atoms with Crippen molar-refractivity contribution in [3.8, 4) is 0 Å². The summed E-state index contributed by atoms with van der Waals surface area (Å²) in [5.74, 6) is 0. The molecule has 1 aliphatic heterocycles. The first-order chi connectivity index (χ1) is 6.65. The number of nitrogens with two attached hydrogens (primary N) is 1. The van der Waals surface area contributed by atoms with E-state index in [0.717, 1.165) is 12.8 Å². The molecule has 0 aromatic carbocycles. The lowest BCUT2D eigenvalue weighted by Crippen LogP contribution is -2.45. The molecule has 2 rings (SSSR count). The summed E-state index contributed by atoms with van der Waals surface area (Å²) in [7, 11) is 0. The van der Waals surface area contributed by atoms with Gasteiger partial charge in [-0.15, -0.1) is 0 Å². The maximum absolute atomic E-state index is 6.18. The summed E-state index contributed by atoms with van der Waals surface area (Å²) in [4.78, 5) is 0. The third-order valence-corrected chi connectivity index (χ3v) is 4.05. The van der Waals surface area contributed by atoms with E-state index in [1.165, 1.54) is 6.42 Å². The Bertz CT molecular complexity index is 272. The number of epoxide rings is 1. The van der Waals surface area contributed by atoms with Gasteiger partial charge < -0.3 is 10.5 Å². The fourth-order valence-electron chi connectivity index (χ4n) is 4.07. The van der Waals surface area contributed by atoms with E-state index >= 15 is 0 Å². The molecular formula is C13H25NO. The van der Waals surface area contributed by atoms with E-state index in [2.05, 4.69) is 34.6 Å². The smallest absolute Gasteiger partial charge is 0.0922 e. The Balaban J connectivity index is 2.15. The molecule has 3 atom stereocenters. The van der Waals surface area contributed by atoms with Gasteiger partial charge in [-0.05, 0) is 43.9 Å². The standard InChI is InChI=1S/C13H25NO/c1-11(2)6-9(14)7-13(5,8-11)10-12(3,4)15-10/h9-10H,6-8,14H2,1-5H3. The van der Waals surface area contributed by atoms with E-state index in [1.54, 1.807) is 0 Å². The van der Waals surface area contributed by atoms with Crippen LogP contribution < -0.4 is 5.73 Å². The molecule has 1 saturated carbocycles. The van der Waals surface area contributed by atoms with Gasteiger partial charge in [0.05, 0.1) is 11.7 Å². The predicted molar refractivity (Wildman–Crippen MR) is 62.7 cm³/mol. The first-order valence-electron chi connectivity index (χ1n) is 6.08. The number of rotatable bonds is 1. The zero-order chi connectivity index (χ0) is 11.5. The Morgan fingerprint density at radius 3 is 2.00 bits per heavy atom. The van der Waals surface area contributed by atoms with Crippen molar-refractivity contribution in [3.05, 3.63) is 0 Å². The topological polar surface area (TPSA) is 38.5 Å². The van der Waals surface area contributed by atoms with E-state index in [0.29, 0.717) is 17.6 Å². The van der Waals surface area contributed by atoms with Crippen molar-refractivity contribution in [1.29, 1.82) is 0 Å². The van der Waals surface area contributed by atoms with Crippen LogP contribution >= 0.6 is 0 Å². The molecule has 2 fully saturated rings. The van der Waals surface area contributed by atoms with Crippen LogP contribution in [0.3, 0.4) is 0 Å². The molecule has 15 heavy (non-hydrogen) atoms. The minimum absolute atomic E-state index is 0.0852. The first kappa shape index (κ1) is 11.4. The van der Waals surface area contributed by atoms with Gasteiger partial charge in [-0.2, -0.15) is 0 Å². The van der Waals surface area contributed by atoms with Crippen LogP contribution in [0, 0.1) is 10.8 Å². The van der Waals surface area contributed by atoms with E-state index in [4.69, 9.17) is 10.5 Å².